The van der Waals surface area contributed by atoms with Gasteiger partial charge in [-0.3, -0.25) is 0 Å². The van der Waals surface area contributed by atoms with Gasteiger partial charge in [0.1, 0.15) is 9.84 Å². The lowest BCUT2D eigenvalue weighted by atomic mass is 9.88. The molecule has 0 radical (unpaired) electrons. The van der Waals surface area contributed by atoms with E-state index in [1.807, 2.05) is 0 Å². The highest BCUT2D eigenvalue weighted by Gasteiger charge is 2.28. The molecule has 0 unspecified atom stereocenters. The second-order valence-corrected chi connectivity index (χ2v) is 8.51. The number of sulfone groups is 1. The SMILES string of the molecule is Cc1cccc(C[C@@H]2CC[C@H](CS(C)(=O)=O)N(C)C2)c1. The van der Waals surface area contributed by atoms with Crippen molar-refractivity contribution < 1.29 is 8.42 Å². The molecule has 0 amide bonds. The van der Waals surface area contributed by atoms with Crippen molar-refractivity contribution in [2.45, 2.75) is 32.2 Å². The Bertz CT molecular complexity index is 553. The van der Waals surface area contributed by atoms with Crippen LogP contribution in [0, 0.1) is 12.8 Å². The topological polar surface area (TPSA) is 37.4 Å². The molecule has 0 bridgehead atoms. The highest BCUT2D eigenvalue weighted by molar-refractivity contribution is 7.90. The Morgan fingerprint density at radius 1 is 1.30 bits per heavy atom. The zero-order chi connectivity index (χ0) is 14.8. The van der Waals surface area contributed by atoms with Crippen molar-refractivity contribution in [3.63, 3.8) is 0 Å². The first kappa shape index (κ1) is 15.5. The van der Waals surface area contributed by atoms with E-state index >= 15 is 0 Å². The van der Waals surface area contributed by atoms with Crippen LogP contribution in [0.25, 0.3) is 0 Å². The summed E-state index contributed by atoms with van der Waals surface area (Å²) in [5, 5.41) is 0. The molecular formula is C16H25NO2S. The van der Waals surface area contributed by atoms with Crippen molar-refractivity contribution in [3.05, 3.63) is 35.4 Å². The van der Waals surface area contributed by atoms with Crippen molar-refractivity contribution in [1.82, 2.24) is 4.90 Å². The molecule has 0 N–H and O–H groups in total. The normalized spacial score (nSPS) is 24.8. The zero-order valence-electron chi connectivity index (χ0n) is 12.7. The zero-order valence-corrected chi connectivity index (χ0v) is 13.5. The fraction of sp³-hybridized carbons (Fsp3) is 0.625. The molecule has 112 valence electrons. The van der Waals surface area contributed by atoms with Crippen LogP contribution in [0.5, 0.6) is 0 Å². The number of aryl methyl sites for hydroxylation is 1. The number of likely N-dealkylation sites (tertiary alicyclic amines) is 1. The van der Waals surface area contributed by atoms with Gasteiger partial charge in [0.05, 0.1) is 5.75 Å². The molecule has 0 aromatic heterocycles. The first-order valence-corrected chi connectivity index (χ1v) is 9.33. The van der Waals surface area contributed by atoms with E-state index in [-0.39, 0.29) is 6.04 Å². The van der Waals surface area contributed by atoms with Gasteiger partial charge in [-0.2, -0.15) is 0 Å². The highest BCUT2D eigenvalue weighted by atomic mass is 32.2. The Morgan fingerprint density at radius 2 is 2.05 bits per heavy atom. The second-order valence-electron chi connectivity index (χ2n) is 6.32. The maximum Gasteiger partial charge on any atom is 0.148 e. The Labute approximate surface area is 122 Å². The average molecular weight is 295 g/mol. The number of piperidine rings is 1. The fourth-order valence-corrected chi connectivity index (χ4v) is 4.32. The molecule has 0 aliphatic carbocycles. The Morgan fingerprint density at radius 3 is 2.65 bits per heavy atom. The minimum atomic E-state index is -2.88. The molecule has 1 aliphatic rings. The molecule has 2 rings (SSSR count). The molecule has 1 saturated heterocycles. The van der Waals surface area contributed by atoms with Gasteiger partial charge in [-0.15, -0.1) is 0 Å². The lowest BCUT2D eigenvalue weighted by molar-refractivity contribution is 0.151. The summed E-state index contributed by atoms with van der Waals surface area (Å²) < 4.78 is 22.9. The maximum absolute atomic E-state index is 11.4. The molecule has 1 aromatic carbocycles. The van der Waals surface area contributed by atoms with Crippen LogP contribution >= 0.6 is 0 Å². The first-order valence-electron chi connectivity index (χ1n) is 7.27. The van der Waals surface area contributed by atoms with Crippen molar-refractivity contribution in [3.8, 4) is 0 Å². The highest BCUT2D eigenvalue weighted by Crippen LogP contribution is 2.25. The van der Waals surface area contributed by atoms with Crippen molar-refractivity contribution >= 4 is 9.84 Å². The van der Waals surface area contributed by atoms with Crippen LogP contribution in [0.3, 0.4) is 0 Å². The predicted molar refractivity (Wildman–Crippen MR) is 83.7 cm³/mol. The van der Waals surface area contributed by atoms with Crippen molar-refractivity contribution in [1.29, 1.82) is 0 Å². The summed E-state index contributed by atoms with van der Waals surface area (Å²) in [6, 6.07) is 8.87. The molecule has 4 heteroatoms. The third-order valence-electron chi connectivity index (χ3n) is 4.18. The summed E-state index contributed by atoms with van der Waals surface area (Å²) in [5.41, 5.74) is 2.70. The molecule has 0 saturated carbocycles. The number of hydrogen-bond donors (Lipinski definition) is 0. The minimum absolute atomic E-state index is 0.193. The van der Waals surface area contributed by atoms with E-state index in [4.69, 9.17) is 0 Å². The number of hydrogen-bond acceptors (Lipinski definition) is 3. The Hall–Kier alpha value is -0.870. The van der Waals surface area contributed by atoms with Crippen LogP contribution in [-0.4, -0.2) is 45.0 Å². The number of rotatable bonds is 4. The van der Waals surface area contributed by atoms with Gasteiger partial charge in [-0.25, -0.2) is 8.42 Å². The molecule has 1 heterocycles. The summed E-state index contributed by atoms with van der Waals surface area (Å²) in [6.45, 7) is 3.12. The van der Waals surface area contributed by atoms with Crippen molar-refractivity contribution in [2.24, 2.45) is 5.92 Å². The fourth-order valence-electron chi connectivity index (χ4n) is 3.20. The largest absolute Gasteiger partial charge is 0.302 e. The van der Waals surface area contributed by atoms with Crippen LogP contribution in [0.4, 0.5) is 0 Å². The van der Waals surface area contributed by atoms with E-state index < -0.39 is 9.84 Å². The summed E-state index contributed by atoms with van der Waals surface area (Å²) in [4.78, 5) is 2.23. The van der Waals surface area contributed by atoms with Gasteiger partial charge in [0.2, 0.25) is 0 Å². The smallest absolute Gasteiger partial charge is 0.148 e. The van der Waals surface area contributed by atoms with Crippen LogP contribution in [0.2, 0.25) is 0 Å². The van der Waals surface area contributed by atoms with E-state index in [9.17, 15) is 8.42 Å². The van der Waals surface area contributed by atoms with Crippen LogP contribution in [0.1, 0.15) is 24.0 Å². The summed E-state index contributed by atoms with van der Waals surface area (Å²) in [5.74, 6) is 0.929. The van der Waals surface area contributed by atoms with E-state index in [0.29, 0.717) is 11.7 Å². The molecule has 1 fully saturated rings. The molecule has 1 aliphatic heterocycles. The third kappa shape index (κ3) is 4.60. The van der Waals surface area contributed by atoms with E-state index in [2.05, 4.69) is 43.1 Å². The monoisotopic (exact) mass is 295 g/mol. The van der Waals surface area contributed by atoms with Gasteiger partial charge in [0.15, 0.2) is 0 Å². The van der Waals surface area contributed by atoms with Crippen molar-refractivity contribution in [2.75, 3.05) is 25.6 Å². The third-order valence-corrected chi connectivity index (χ3v) is 5.17. The van der Waals surface area contributed by atoms with E-state index in [0.717, 1.165) is 25.8 Å². The van der Waals surface area contributed by atoms with Gasteiger partial charge < -0.3 is 4.90 Å². The lowest BCUT2D eigenvalue weighted by Crippen LogP contribution is -2.44. The van der Waals surface area contributed by atoms with Gasteiger partial charge in [0, 0.05) is 18.8 Å². The van der Waals surface area contributed by atoms with Crippen LogP contribution in [-0.2, 0) is 16.3 Å². The summed E-state index contributed by atoms with van der Waals surface area (Å²) in [6.07, 6.45) is 4.54. The van der Waals surface area contributed by atoms with Gasteiger partial charge in [-0.05, 0) is 44.7 Å². The van der Waals surface area contributed by atoms with Crippen LogP contribution < -0.4 is 0 Å². The summed E-state index contributed by atoms with van der Waals surface area (Å²) >= 11 is 0. The standard InChI is InChI=1S/C16H25NO2S/c1-13-5-4-6-14(9-13)10-15-7-8-16(17(2)11-15)12-20(3,18)19/h4-6,9,15-16H,7-8,10-12H2,1-3H3/t15-,16+/m0/s1. The van der Waals surface area contributed by atoms with Crippen LogP contribution in [0.15, 0.2) is 24.3 Å². The van der Waals surface area contributed by atoms with Gasteiger partial charge in [-0.1, -0.05) is 29.8 Å². The summed E-state index contributed by atoms with van der Waals surface area (Å²) in [7, 11) is -0.826. The lowest BCUT2D eigenvalue weighted by Gasteiger charge is -2.37. The predicted octanol–water partition coefficient (Wildman–Crippen LogP) is 2.29. The molecule has 2 atom stereocenters. The molecule has 3 nitrogen and oxygen atoms in total. The Kier molecular flexibility index (Phi) is 4.86. The maximum atomic E-state index is 11.4. The van der Waals surface area contributed by atoms with E-state index in [1.54, 1.807) is 0 Å². The molecule has 1 aromatic rings. The molecular weight excluding hydrogens is 270 g/mol. The Balaban J connectivity index is 1.92. The quantitative estimate of drug-likeness (QED) is 0.855. The number of benzene rings is 1. The van der Waals surface area contributed by atoms with Gasteiger partial charge >= 0.3 is 0 Å². The average Bonchev–Trinajstić information content (AvgIpc) is 2.31. The minimum Gasteiger partial charge on any atom is -0.302 e. The second kappa shape index (κ2) is 6.27. The molecule has 20 heavy (non-hydrogen) atoms. The first-order chi connectivity index (χ1) is 9.33. The van der Waals surface area contributed by atoms with E-state index in [1.165, 1.54) is 17.4 Å². The van der Waals surface area contributed by atoms with Gasteiger partial charge in [0.25, 0.3) is 0 Å². The molecule has 0 spiro atoms. The number of nitrogens with zero attached hydrogens (tertiary/aromatic N) is 1.